The zero-order valence-corrected chi connectivity index (χ0v) is 12.0. The zero-order valence-electron chi connectivity index (χ0n) is 12.0. The fourth-order valence-corrected chi connectivity index (χ4v) is 1.86. The average molecular weight is 293 g/mol. The summed E-state index contributed by atoms with van der Waals surface area (Å²) in [6.07, 6.45) is -0.0696. The number of esters is 1. The quantitative estimate of drug-likeness (QED) is 0.742. The van der Waals surface area contributed by atoms with Gasteiger partial charge in [-0.2, -0.15) is 0 Å². The predicted molar refractivity (Wildman–Crippen MR) is 75.7 cm³/mol. The second-order valence-electron chi connectivity index (χ2n) is 4.64. The summed E-state index contributed by atoms with van der Waals surface area (Å²) in [5.41, 5.74) is 0.368. The molecule has 0 aromatic heterocycles. The zero-order chi connectivity index (χ0) is 15.8. The van der Waals surface area contributed by atoms with Crippen LogP contribution in [0.1, 0.15) is 30.6 Å². The molecular formula is C15H19NO5. The molecule has 2 N–H and O–H groups in total. The van der Waals surface area contributed by atoms with E-state index in [0.29, 0.717) is 5.56 Å². The Morgan fingerprint density at radius 1 is 1.24 bits per heavy atom. The normalized spacial score (nSPS) is 13.0. The Morgan fingerprint density at radius 2 is 1.86 bits per heavy atom. The summed E-state index contributed by atoms with van der Waals surface area (Å²) in [7, 11) is 0. The fourth-order valence-electron chi connectivity index (χ4n) is 1.86. The van der Waals surface area contributed by atoms with Crippen molar-refractivity contribution in [1.29, 1.82) is 0 Å². The van der Waals surface area contributed by atoms with Gasteiger partial charge in [-0.3, -0.25) is 9.59 Å². The largest absolute Gasteiger partial charge is 0.480 e. The molecule has 0 heterocycles. The molecule has 2 atom stereocenters. The number of amides is 1. The van der Waals surface area contributed by atoms with Gasteiger partial charge in [0.1, 0.15) is 6.04 Å². The number of aliphatic carboxylic acids is 1. The van der Waals surface area contributed by atoms with Gasteiger partial charge in [0.05, 0.1) is 13.0 Å². The van der Waals surface area contributed by atoms with Crippen molar-refractivity contribution in [2.45, 2.75) is 26.3 Å². The Balaban J connectivity index is 2.71. The molecule has 0 aliphatic carbocycles. The lowest BCUT2D eigenvalue weighted by molar-refractivity contribution is -0.145. The maximum Gasteiger partial charge on any atom is 0.326 e. The summed E-state index contributed by atoms with van der Waals surface area (Å²) in [5.74, 6) is -2.73. The van der Waals surface area contributed by atoms with E-state index in [-0.39, 0.29) is 13.0 Å². The molecule has 0 radical (unpaired) electrons. The number of carboxylic acids is 1. The number of hydrogen-bond donors (Lipinski definition) is 2. The predicted octanol–water partition coefficient (Wildman–Crippen LogP) is 1.46. The molecule has 0 unspecified atom stereocenters. The van der Waals surface area contributed by atoms with Gasteiger partial charge in [-0.05, 0) is 25.0 Å². The van der Waals surface area contributed by atoms with E-state index in [1.54, 1.807) is 44.2 Å². The van der Waals surface area contributed by atoms with Crippen LogP contribution in [-0.2, 0) is 14.3 Å². The van der Waals surface area contributed by atoms with Crippen LogP contribution in [0.3, 0.4) is 0 Å². The molecule has 6 nitrogen and oxygen atoms in total. The van der Waals surface area contributed by atoms with Crippen molar-refractivity contribution in [3.63, 3.8) is 0 Å². The third kappa shape index (κ3) is 5.25. The number of hydrogen-bond acceptors (Lipinski definition) is 4. The van der Waals surface area contributed by atoms with Crippen LogP contribution in [0.4, 0.5) is 0 Å². The van der Waals surface area contributed by atoms with E-state index in [1.807, 2.05) is 0 Å². The Labute approximate surface area is 123 Å². The minimum Gasteiger partial charge on any atom is -0.480 e. The first-order valence-corrected chi connectivity index (χ1v) is 6.70. The highest BCUT2D eigenvalue weighted by Gasteiger charge is 2.28. The maximum atomic E-state index is 12.0. The topological polar surface area (TPSA) is 92.7 Å². The van der Waals surface area contributed by atoms with E-state index in [9.17, 15) is 19.5 Å². The Kier molecular flexibility index (Phi) is 6.39. The first-order chi connectivity index (χ1) is 9.95. The van der Waals surface area contributed by atoms with E-state index < -0.39 is 29.8 Å². The van der Waals surface area contributed by atoms with E-state index in [1.165, 1.54) is 0 Å². The van der Waals surface area contributed by atoms with Crippen molar-refractivity contribution < 1.29 is 24.2 Å². The van der Waals surface area contributed by atoms with Crippen molar-refractivity contribution in [1.82, 2.24) is 5.32 Å². The van der Waals surface area contributed by atoms with Gasteiger partial charge in [-0.15, -0.1) is 0 Å². The third-order valence-corrected chi connectivity index (χ3v) is 2.95. The Morgan fingerprint density at radius 3 is 2.38 bits per heavy atom. The number of ether oxygens (including phenoxy) is 1. The lowest BCUT2D eigenvalue weighted by Crippen LogP contribution is -2.45. The van der Waals surface area contributed by atoms with Gasteiger partial charge in [0.2, 0.25) is 0 Å². The van der Waals surface area contributed by atoms with E-state index >= 15 is 0 Å². The van der Waals surface area contributed by atoms with Crippen LogP contribution in [0.5, 0.6) is 0 Å². The molecule has 1 aromatic rings. The van der Waals surface area contributed by atoms with Crippen LogP contribution >= 0.6 is 0 Å². The van der Waals surface area contributed by atoms with Crippen LogP contribution in [-0.4, -0.2) is 35.6 Å². The summed E-state index contributed by atoms with van der Waals surface area (Å²) in [6.45, 7) is 3.50. The minimum absolute atomic E-state index is 0.0696. The summed E-state index contributed by atoms with van der Waals surface area (Å²) >= 11 is 0. The van der Waals surface area contributed by atoms with Crippen LogP contribution in [0.2, 0.25) is 0 Å². The molecule has 0 bridgehead atoms. The van der Waals surface area contributed by atoms with Gasteiger partial charge >= 0.3 is 11.9 Å². The lowest BCUT2D eigenvalue weighted by Gasteiger charge is -2.20. The number of carbonyl (C=O) groups is 3. The van der Waals surface area contributed by atoms with Crippen molar-refractivity contribution in [2.75, 3.05) is 6.61 Å². The van der Waals surface area contributed by atoms with Crippen molar-refractivity contribution in [3.05, 3.63) is 35.9 Å². The van der Waals surface area contributed by atoms with Gasteiger partial charge in [-0.25, -0.2) is 4.79 Å². The number of nitrogens with one attached hydrogen (secondary N) is 1. The molecule has 0 aliphatic rings. The molecule has 0 saturated heterocycles. The molecule has 0 spiro atoms. The first-order valence-electron chi connectivity index (χ1n) is 6.70. The number of carbonyl (C=O) groups excluding carboxylic acids is 2. The standard InChI is InChI=1S/C15H19NO5/c1-3-21-12(17)9-10(2)13(15(19)20)16-14(18)11-7-5-4-6-8-11/h4-8,10,13H,3,9H2,1-2H3,(H,16,18)(H,19,20)/t10-,13-/m0/s1. The maximum absolute atomic E-state index is 12.0. The van der Waals surface area contributed by atoms with Crippen LogP contribution in [0, 0.1) is 5.92 Å². The highest BCUT2D eigenvalue weighted by atomic mass is 16.5. The van der Waals surface area contributed by atoms with E-state index in [2.05, 4.69) is 5.32 Å². The molecule has 0 saturated carbocycles. The minimum atomic E-state index is -1.18. The summed E-state index contributed by atoms with van der Waals surface area (Å²) in [6, 6.07) is 7.16. The molecule has 21 heavy (non-hydrogen) atoms. The Hall–Kier alpha value is -2.37. The highest BCUT2D eigenvalue weighted by Crippen LogP contribution is 2.11. The monoisotopic (exact) mass is 293 g/mol. The second kappa shape index (κ2) is 8.04. The summed E-state index contributed by atoms with van der Waals surface area (Å²) in [5, 5.41) is 11.6. The molecular weight excluding hydrogens is 274 g/mol. The summed E-state index contributed by atoms with van der Waals surface area (Å²) < 4.78 is 4.79. The SMILES string of the molecule is CCOC(=O)C[C@H](C)[C@H](NC(=O)c1ccccc1)C(=O)O. The van der Waals surface area contributed by atoms with Crippen LogP contribution in [0.15, 0.2) is 30.3 Å². The third-order valence-electron chi connectivity index (χ3n) is 2.95. The molecule has 1 rings (SSSR count). The van der Waals surface area contributed by atoms with Crippen molar-refractivity contribution >= 4 is 17.8 Å². The van der Waals surface area contributed by atoms with Gasteiger partial charge in [0, 0.05) is 5.56 Å². The van der Waals surface area contributed by atoms with E-state index in [0.717, 1.165) is 0 Å². The van der Waals surface area contributed by atoms with Crippen molar-refractivity contribution in [2.24, 2.45) is 5.92 Å². The molecule has 0 fully saturated rings. The lowest BCUT2D eigenvalue weighted by atomic mass is 9.98. The van der Waals surface area contributed by atoms with Crippen LogP contribution < -0.4 is 5.32 Å². The van der Waals surface area contributed by atoms with Gasteiger partial charge in [0.25, 0.3) is 5.91 Å². The smallest absolute Gasteiger partial charge is 0.326 e. The number of rotatable bonds is 7. The molecule has 0 aliphatic heterocycles. The van der Waals surface area contributed by atoms with Crippen LogP contribution in [0.25, 0.3) is 0 Å². The average Bonchev–Trinajstić information content (AvgIpc) is 2.45. The molecule has 1 amide bonds. The van der Waals surface area contributed by atoms with E-state index in [4.69, 9.17) is 4.74 Å². The fraction of sp³-hybridized carbons (Fsp3) is 0.400. The van der Waals surface area contributed by atoms with Gasteiger partial charge in [0.15, 0.2) is 0 Å². The highest BCUT2D eigenvalue weighted by molar-refractivity contribution is 5.96. The van der Waals surface area contributed by atoms with Gasteiger partial charge in [-0.1, -0.05) is 25.1 Å². The molecule has 114 valence electrons. The Bertz CT molecular complexity index is 500. The number of carboxylic acid groups (broad SMARTS) is 1. The molecule has 6 heteroatoms. The van der Waals surface area contributed by atoms with Gasteiger partial charge < -0.3 is 15.2 Å². The first kappa shape index (κ1) is 16.7. The molecule has 1 aromatic carbocycles. The summed E-state index contributed by atoms with van der Waals surface area (Å²) in [4.78, 5) is 34.7. The number of benzene rings is 1. The second-order valence-corrected chi connectivity index (χ2v) is 4.64. The van der Waals surface area contributed by atoms with Crippen molar-refractivity contribution in [3.8, 4) is 0 Å².